The molecule has 2 aliphatic rings. The minimum atomic E-state index is -0.0654. The first-order valence-electron chi connectivity index (χ1n) is 4.52. The normalized spacial score (nSPS) is 47.0. The second-order valence-corrected chi connectivity index (χ2v) is 4.45. The number of fused-ring (bicyclic) bond motifs is 1. The van der Waals surface area contributed by atoms with Crippen LogP contribution in [0.15, 0.2) is 0 Å². The smallest absolute Gasteiger partial charge is 0.306 e. The third-order valence-corrected chi connectivity index (χ3v) is 3.54. The molecule has 12 heavy (non-hydrogen) atoms. The molecule has 1 aliphatic heterocycles. The van der Waals surface area contributed by atoms with Crippen molar-refractivity contribution in [3.8, 4) is 0 Å². The van der Waals surface area contributed by atoms with E-state index in [1.54, 1.807) is 0 Å². The largest absolute Gasteiger partial charge is 0.460 e. The molecule has 3 heteroatoms. The summed E-state index contributed by atoms with van der Waals surface area (Å²) in [4.78, 5) is 11.0. The molecule has 0 bridgehead atoms. The quantitative estimate of drug-likeness (QED) is 0.429. The maximum absolute atomic E-state index is 11.0. The van der Waals surface area contributed by atoms with E-state index in [1.807, 2.05) is 0 Å². The van der Waals surface area contributed by atoms with E-state index in [0.717, 1.165) is 12.8 Å². The molecule has 0 N–H and O–H groups in total. The van der Waals surface area contributed by atoms with Crippen LogP contribution in [0.1, 0.15) is 26.2 Å². The third kappa shape index (κ3) is 1.22. The molecule has 0 spiro atoms. The van der Waals surface area contributed by atoms with Crippen molar-refractivity contribution in [2.75, 3.05) is 0 Å². The Morgan fingerprint density at radius 3 is 2.92 bits per heavy atom. The molecule has 1 aliphatic carbocycles. The van der Waals surface area contributed by atoms with Crippen molar-refractivity contribution < 1.29 is 9.53 Å². The van der Waals surface area contributed by atoms with E-state index >= 15 is 0 Å². The van der Waals surface area contributed by atoms with Gasteiger partial charge in [0.15, 0.2) is 0 Å². The monoisotopic (exact) mass is 188 g/mol. The van der Waals surface area contributed by atoms with Gasteiger partial charge in [-0.3, -0.25) is 4.79 Å². The minimum Gasteiger partial charge on any atom is -0.460 e. The lowest BCUT2D eigenvalue weighted by atomic mass is 9.78. The highest BCUT2D eigenvalue weighted by molar-refractivity contribution is 6.21. The second-order valence-electron chi connectivity index (χ2n) is 3.89. The highest BCUT2D eigenvalue weighted by Gasteiger charge is 2.44. The molecule has 0 radical (unpaired) electrons. The van der Waals surface area contributed by atoms with Gasteiger partial charge in [0.05, 0.1) is 11.8 Å². The number of hydrogen-bond donors (Lipinski definition) is 0. The van der Waals surface area contributed by atoms with Crippen molar-refractivity contribution in [3.63, 3.8) is 0 Å². The van der Waals surface area contributed by atoms with Crippen LogP contribution in [-0.2, 0) is 9.53 Å². The van der Waals surface area contributed by atoms with Gasteiger partial charge in [0.1, 0.15) is 6.10 Å². The van der Waals surface area contributed by atoms with E-state index in [1.165, 1.54) is 0 Å². The van der Waals surface area contributed by atoms with Crippen LogP contribution >= 0.6 is 11.6 Å². The van der Waals surface area contributed by atoms with Crippen LogP contribution in [0.4, 0.5) is 0 Å². The predicted octanol–water partition coefficient (Wildman–Crippen LogP) is 1.96. The van der Waals surface area contributed by atoms with Crippen molar-refractivity contribution in [2.45, 2.75) is 37.7 Å². The van der Waals surface area contributed by atoms with Crippen molar-refractivity contribution in [1.82, 2.24) is 0 Å². The number of ether oxygens (including phenoxy) is 1. The number of halogens is 1. The van der Waals surface area contributed by atoms with Gasteiger partial charge in [-0.2, -0.15) is 0 Å². The third-order valence-electron chi connectivity index (χ3n) is 3.08. The van der Waals surface area contributed by atoms with Crippen LogP contribution in [0.25, 0.3) is 0 Å². The molecule has 4 atom stereocenters. The Kier molecular flexibility index (Phi) is 2.03. The summed E-state index contributed by atoms with van der Waals surface area (Å²) in [5, 5.41) is 0.0534. The van der Waals surface area contributed by atoms with Gasteiger partial charge < -0.3 is 4.74 Å². The molecule has 0 aromatic heterocycles. The Morgan fingerprint density at radius 1 is 1.50 bits per heavy atom. The molecule has 2 rings (SSSR count). The first-order valence-corrected chi connectivity index (χ1v) is 4.95. The Morgan fingerprint density at radius 2 is 2.25 bits per heavy atom. The summed E-state index contributed by atoms with van der Waals surface area (Å²) < 4.78 is 5.18. The molecular formula is C9H13ClO2. The lowest BCUT2D eigenvalue weighted by molar-refractivity contribution is -0.141. The summed E-state index contributed by atoms with van der Waals surface area (Å²) in [6.07, 6.45) is 2.70. The molecule has 68 valence electrons. The summed E-state index contributed by atoms with van der Waals surface area (Å²) in [7, 11) is 0. The topological polar surface area (TPSA) is 26.3 Å². The molecule has 4 unspecified atom stereocenters. The van der Waals surface area contributed by atoms with E-state index in [0.29, 0.717) is 18.3 Å². The molecule has 0 aromatic carbocycles. The summed E-state index contributed by atoms with van der Waals surface area (Å²) in [5.41, 5.74) is 0. The molecular weight excluding hydrogens is 176 g/mol. The average molecular weight is 189 g/mol. The van der Waals surface area contributed by atoms with E-state index in [4.69, 9.17) is 16.3 Å². The highest BCUT2D eigenvalue weighted by Crippen LogP contribution is 2.40. The first kappa shape index (κ1) is 8.36. The van der Waals surface area contributed by atoms with Crippen LogP contribution in [0.3, 0.4) is 0 Å². The van der Waals surface area contributed by atoms with Crippen LogP contribution in [0.2, 0.25) is 0 Å². The molecule has 0 amide bonds. The second kappa shape index (κ2) is 2.91. The highest BCUT2D eigenvalue weighted by atomic mass is 35.5. The number of esters is 1. The molecule has 0 aromatic rings. The fraction of sp³-hybridized carbons (Fsp3) is 0.889. The van der Waals surface area contributed by atoms with Crippen molar-refractivity contribution in [1.29, 1.82) is 0 Å². The van der Waals surface area contributed by atoms with Gasteiger partial charge in [-0.15, -0.1) is 11.6 Å². The first-order chi connectivity index (χ1) is 5.68. The van der Waals surface area contributed by atoms with E-state index in [2.05, 4.69) is 6.92 Å². The summed E-state index contributed by atoms with van der Waals surface area (Å²) in [6.45, 7) is 2.18. The molecule has 2 fully saturated rings. The van der Waals surface area contributed by atoms with Gasteiger partial charge in [0, 0.05) is 5.92 Å². The van der Waals surface area contributed by atoms with Gasteiger partial charge in [0.25, 0.3) is 0 Å². The number of carbonyl (C=O) groups excluding carboxylic acids is 1. The van der Waals surface area contributed by atoms with Crippen molar-refractivity contribution >= 4 is 17.6 Å². The number of alkyl halides is 1. The Bertz CT molecular complexity index is 185. The zero-order chi connectivity index (χ0) is 8.72. The van der Waals surface area contributed by atoms with Gasteiger partial charge in [-0.25, -0.2) is 0 Å². The number of carbonyl (C=O) groups is 1. The standard InChI is InChI=1S/C9H13ClO2/c1-5-2-3-7(10)9-6(5)4-8(11)12-9/h5-7,9H,2-4H2,1H3. The minimum absolute atomic E-state index is 0.00270. The summed E-state index contributed by atoms with van der Waals surface area (Å²) in [5.74, 6) is 0.912. The zero-order valence-electron chi connectivity index (χ0n) is 7.13. The lowest BCUT2D eigenvalue weighted by Crippen LogP contribution is -2.36. The van der Waals surface area contributed by atoms with Gasteiger partial charge in [-0.05, 0) is 18.8 Å². The Balaban J connectivity index is 2.14. The van der Waals surface area contributed by atoms with Crippen LogP contribution in [-0.4, -0.2) is 17.5 Å². The van der Waals surface area contributed by atoms with Crippen LogP contribution in [0.5, 0.6) is 0 Å². The Hall–Kier alpha value is -0.240. The van der Waals surface area contributed by atoms with Crippen LogP contribution < -0.4 is 0 Å². The Labute approximate surface area is 77.2 Å². The molecule has 1 saturated carbocycles. The fourth-order valence-corrected chi connectivity index (χ4v) is 2.63. The van der Waals surface area contributed by atoms with E-state index < -0.39 is 0 Å². The lowest BCUT2D eigenvalue weighted by Gasteiger charge is -2.32. The zero-order valence-corrected chi connectivity index (χ0v) is 7.88. The molecule has 1 heterocycles. The number of rotatable bonds is 0. The van der Waals surface area contributed by atoms with E-state index in [9.17, 15) is 4.79 Å². The van der Waals surface area contributed by atoms with Crippen LogP contribution in [0, 0.1) is 11.8 Å². The van der Waals surface area contributed by atoms with E-state index in [-0.39, 0.29) is 17.5 Å². The molecule has 2 nitrogen and oxygen atoms in total. The maximum Gasteiger partial charge on any atom is 0.306 e. The van der Waals surface area contributed by atoms with Crippen molar-refractivity contribution in [2.24, 2.45) is 11.8 Å². The summed E-state index contributed by atoms with van der Waals surface area (Å²) >= 11 is 6.07. The van der Waals surface area contributed by atoms with Crippen molar-refractivity contribution in [3.05, 3.63) is 0 Å². The van der Waals surface area contributed by atoms with Gasteiger partial charge in [-0.1, -0.05) is 6.92 Å². The SMILES string of the molecule is CC1CCC(Cl)C2OC(=O)CC12. The average Bonchev–Trinajstić information content (AvgIpc) is 2.41. The fourth-order valence-electron chi connectivity index (χ4n) is 2.26. The summed E-state index contributed by atoms with van der Waals surface area (Å²) in [6, 6.07) is 0. The predicted molar refractivity (Wildman–Crippen MR) is 46.0 cm³/mol. The maximum atomic E-state index is 11.0. The van der Waals surface area contributed by atoms with Gasteiger partial charge in [0.2, 0.25) is 0 Å². The molecule has 1 saturated heterocycles. The number of hydrogen-bond acceptors (Lipinski definition) is 2. The van der Waals surface area contributed by atoms with Gasteiger partial charge >= 0.3 is 5.97 Å².